The van der Waals surface area contributed by atoms with Gasteiger partial charge < -0.3 is 19.7 Å². The summed E-state index contributed by atoms with van der Waals surface area (Å²) in [4.78, 5) is 33.2. The van der Waals surface area contributed by atoms with Crippen LogP contribution in [0, 0.1) is 0 Å². The maximum atomic E-state index is 13.7. The fourth-order valence-corrected chi connectivity index (χ4v) is 4.73. The molecule has 1 aromatic heterocycles. The van der Waals surface area contributed by atoms with Crippen LogP contribution in [0.15, 0.2) is 52.4 Å². The van der Waals surface area contributed by atoms with E-state index in [9.17, 15) is 9.59 Å². The molecule has 4 rings (SSSR count). The van der Waals surface area contributed by atoms with Gasteiger partial charge in [0.15, 0.2) is 5.16 Å². The number of rotatable bonds is 9. The number of ether oxygens (including phenoxy) is 2. The van der Waals surface area contributed by atoms with Crippen LogP contribution in [-0.2, 0) is 16.1 Å². The standard InChI is InChI=1S/C26H32N4O4S/c1-4-18(2)27-24(31)17-35-26-28-23-10-7-20(29-11-13-34-14-12-29)15-22(23)25(32)30(26)16-19-5-8-21(33-3)9-6-19/h5-10,15,18H,4,11-14,16-17H2,1-3H3,(H,27,31). The van der Waals surface area contributed by atoms with Crippen LogP contribution in [0.2, 0.25) is 0 Å². The van der Waals surface area contributed by atoms with Crippen molar-refractivity contribution < 1.29 is 14.3 Å². The van der Waals surface area contributed by atoms with E-state index in [0.29, 0.717) is 35.8 Å². The molecule has 2 heterocycles. The first kappa shape index (κ1) is 25.1. The minimum atomic E-state index is -0.120. The van der Waals surface area contributed by atoms with E-state index in [1.165, 1.54) is 11.8 Å². The number of nitrogens with one attached hydrogen (secondary N) is 1. The molecule has 1 aliphatic rings. The number of hydrogen-bond acceptors (Lipinski definition) is 7. The van der Waals surface area contributed by atoms with E-state index in [0.717, 1.165) is 36.5 Å². The summed E-state index contributed by atoms with van der Waals surface area (Å²) in [5.41, 5.74) is 2.45. The summed E-state index contributed by atoms with van der Waals surface area (Å²) in [6.45, 7) is 7.28. The highest BCUT2D eigenvalue weighted by Crippen LogP contribution is 2.24. The Morgan fingerprint density at radius 3 is 2.63 bits per heavy atom. The average molecular weight is 497 g/mol. The normalized spacial score (nSPS) is 14.7. The smallest absolute Gasteiger partial charge is 0.262 e. The van der Waals surface area contributed by atoms with Crippen molar-refractivity contribution in [2.24, 2.45) is 0 Å². The lowest BCUT2D eigenvalue weighted by molar-refractivity contribution is -0.119. The third-order valence-electron chi connectivity index (χ3n) is 6.13. The van der Waals surface area contributed by atoms with Gasteiger partial charge >= 0.3 is 0 Å². The van der Waals surface area contributed by atoms with Gasteiger partial charge in [-0.2, -0.15) is 0 Å². The van der Waals surface area contributed by atoms with Crippen LogP contribution in [0.3, 0.4) is 0 Å². The number of thioether (sulfide) groups is 1. The molecule has 1 unspecified atom stereocenters. The van der Waals surface area contributed by atoms with Gasteiger partial charge in [-0.15, -0.1) is 0 Å². The lowest BCUT2D eigenvalue weighted by Crippen LogP contribution is -2.36. The van der Waals surface area contributed by atoms with E-state index >= 15 is 0 Å². The third kappa shape index (κ3) is 6.15. The average Bonchev–Trinajstić information content (AvgIpc) is 2.90. The largest absolute Gasteiger partial charge is 0.497 e. The number of benzene rings is 2. The highest BCUT2D eigenvalue weighted by Gasteiger charge is 2.17. The number of carbonyl (C=O) groups is 1. The number of hydrogen-bond donors (Lipinski definition) is 1. The predicted molar refractivity (Wildman–Crippen MR) is 140 cm³/mol. The zero-order chi connectivity index (χ0) is 24.8. The van der Waals surface area contributed by atoms with Gasteiger partial charge in [0, 0.05) is 24.8 Å². The molecule has 1 aliphatic heterocycles. The third-order valence-corrected chi connectivity index (χ3v) is 7.11. The van der Waals surface area contributed by atoms with E-state index in [1.54, 1.807) is 11.7 Å². The topological polar surface area (TPSA) is 85.7 Å². The molecule has 1 amide bonds. The van der Waals surface area contributed by atoms with Gasteiger partial charge in [-0.1, -0.05) is 30.8 Å². The lowest BCUT2D eigenvalue weighted by atomic mass is 10.2. The summed E-state index contributed by atoms with van der Waals surface area (Å²) in [5, 5.41) is 4.06. The predicted octanol–water partition coefficient (Wildman–Crippen LogP) is 3.30. The number of morpholine rings is 1. The second-order valence-corrected chi connectivity index (χ2v) is 9.54. The van der Waals surface area contributed by atoms with E-state index in [4.69, 9.17) is 14.5 Å². The van der Waals surface area contributed by atoms with Crippen molar-refractivity contribution in [3.8, 4) is 5.75 Å². The van der Waals surface area contributed by atoms with Crippen molar-refractivity contribution in [3.05, 3.63) is 58.4 Å². The summed E-state index contributed by atoms with van der Waals surface area (Å²) in [5.74, 6) is 0.873. The van der Waals surface area contributed by atoms with Crippen LogP contribution in [-0.4, -0.2) is 60.7 Å². The van der Waals surface area contributed by atoms with Crippen molar-refractivity contribution >= 4 is 34.3 Å². The number of anilines is 1. The summed E-state index contributed by atoms with van der Waals surface area (Å²) in [6, 6.07) is 13.5. The molecular weight excluding hydrogens is 464 g/mol. The summed E-state index contributed by atoms with van der Waals surface area (Å²) in [6.07, 6.45) is 0.859. The molecule has 0 radical (unpaired) electrons. The zero-order valence-electron chi connectivity index (χ0n) is 20.5. The Kier molecular flexibility index (Phi) is 8.30. The highest BCUT2D eigenvalue weighted by molar-refractivity contribution is 7.99. The molecule has 0 bridgehead atoms. The summed E-state index contributed by atoms with van der Waals surface area (Å²) in [7, 11) is 1.62. The monoisotopic (exact) mass is 496 g/mol. The number of aromatic nitrogens is 2. The SMILES string of the molecule is CCC(C)NC(=O)CSc1nc2ccc(N3CCOCC3)cc2c(=O)n1Cc1ccc(OC)cc1. The van der Waals surface area contributed by atoms with E-state index in [1.807, 2.05) is 56.3 Å². The molecule has 35 heavy (non-hydrogen) atoms. The maximum absolute atomic E-state index is 13.7. The van der Waals surface area contributed by atoms with Crippen molar-refractivity contribution in [1.82, 2.24) is 14.9 Å². The van der Waals surface area contributed by atoms with Gasteiger partial charge in [-0.25, -0.2) is 4.98 Å². The molecule has 1 N–H and O–H groups in total. The van der Waals surface area contributed by atoms with E-state index in [2.05, 4.69) is 10.2 Å². The van der Waals surface area contributed by atoms with Crippen LogP contribution in [0.25, 0.3) is 10.9 Å². The van der Waals surface area contributed by atoms with Gasteiger partial charge in [0.25, 0.3) is 5.56 Å². The number of fused-ring (bicyclic) bond motifs is 1. The number of nitrogens with zero attached hydrogens (tertiary/aromatic N) is 3. The van der Waals surface area contributed by atoms with Crippen molar-refractivity contribution in [1.29, 1.82) is 0 Å². The quantitative estimate of drug-likeness (QED) is 0.359. The molecule has 0 aliphatic carbocycles. The second kappa shape index (κ2) is 11.6. The maximum Gasteiger partial charge on any atom is 0.262 e. The first-order valence-electron chi connectivity index (χ1n) is 11.9. The van der Waals surface area contributed by atoms with Crippen LogP contribution >= 0.6 is 11.8 Å². The second-order valence-electron chi connectivity index (χ2n) is 8.60. The molecule has 2 aromatic carbocycles. The van der Waals surface area contributed by atoms with E-state index < -0.39 is 0 Å². The molecular formula is C26H32N4O4S. The van der Waals surface area contributed by atoms with Crippen molar-refractivity contribution in [3.63, 3.8) is 0 Å². The molecule has 3 aromatic rings. The molecule has 0 spiro atoms. The highest BCUT2D eigenvalue weighted by atomic mass is 32.2. The molecule has 9 heteroatoms. The van der Waals surface area contributed by atoms with Crippen LogP contribution in [0.5, 0.6) is 5.75 Å². The molecule has 8 nitrogen and oxygen atoms in total. The van der Waals surface area contributed by atoms with Gasteiger partial charge in [0.1, 0.15) is 5.75 Å². The van der Waals surface area contributed by atoms with Crippen LogP contribution in [0.1, 0.15) is 25.8 Å². The minimum Gasteiger partial charge on any atom is -0.497 e. The Balaban J connectivity index is 1.69. The van der Waals surface area contributed by atoms with Crippen molar-refractivity contribution in [2.75, 3.05) is 44.1 Å². The number of carbonyl (C=O) groups excluding carboxylic acids is 1. The fourth-order valence-electron chi connectivity index (χ4n) is 3.92. The van der Waals surface area contributed by atoms with Gasteiger partial charge in [0.2, 0.25) is 5.91 Å². The number of methoxy groups -OCH3 is 1. The Bertz CT molecular complexity index is 1220. The first-order valence-corrected chi connectivity index (χ1v) is 12.9. The van der Waals surface area contributed by atoms with Crippen molar-refractivity contribution in [2.45, 2.75) is 38.0 Å². The summed E-state index contributed by atoms with van der Waals surface area (Å²) >= 11 is 1.28. The Morgan fingerprint density at radius 2 is 1.94 bits per heavy atom. The zero-order valence-corrected chi connectivity index (χ0v) is 21.3. The Morgan fingerprint density at radius 1 is 1.20 bits per heavy atom. The van der Waals surface area contributed by atoms with Crippen LogP contribution in [0.4, 0.5) is 5.69 Å². The molecule has 1 atom stereocenters. The lowest BCUT2D eigenvalue weighted by Gasteiger charge is -2.29. The number of amides is 1. The molecule has 1 saturated heterocycles. The Labute approximate surface area is 209 Å². The fraction of sp³-hybridized carbons (Fsp3) is 0.423. The van der Waals surface area contributed by atoms with Gasteiger partial charge in [-0.05, 0) is 49.2 Å². The summed E-state index contributed by atoms with van der Waals surface area (Å²) < 4.78 is 12.4. The minimum absolute atomic E-state index is 0.0719. The molecule has 186 valence electrons. The first-order chi connectivity index (χ1) is 17.0. The van der Waals surface area contributed by atoms with E-state index in [-0.39, 0.29) is 23.3 Å². The molecule has 0 saturated carbocycles. The van der Waals surface area contributed by atoms with Crippen LogP contribution < -0.4 is 20.5 Å². The molecule has 1 fully saturated rings. The Hall–Kier alpha value is -3.04. The van der Waals surface area contributed by atoms with Gasteiger partial charge in [-0.3, -0.25) is 14.2 Å². The van der Waals surface area contributed by atoms with Gasteiger partial charge in [0.05, 0.1) is 43.5 Å².